The summed E-state index contributed by atoms with van der Waals surface area (Å²) < 4.78 is 5.60. The zero-order chi connectivity index (χ0) is 14.4. The first-order valence-corrected chi connectivity index (χ1v) is 7.92. The Kier molecular flexibility index (Phi) is 5.69. The highest BCUT2D eigenvalue weighted by molar-refractivity contribution is 9.09. The molecule has 0 aliphatic rings. The minimum absolute atomic E-state index is 0.635. The van der Waals surface area contributed by atoms with Gasteiger partial charge in [-0.15, -0.1) is 0 Å². The molecule has 2 rings (SSSR count). The molecular formula is C17H16BrClO. The molecule has 0 aliphatic carbocycles. The van der Waals surface area contributed by atoms with E-state index in [0.717, 1.165) is 27.1 Å². The molecule has 0 radical (unpaired) electrons. The van der Waals surface area contributed by atoms with Gasteiger partial charge in [0.1, 0.15) is 0 Å². The molecular weight excluding hydrogens is 336 g/mol. The third kappa shape index (κ3) is 3.87. The topological polar surface area (TPSA) is 9.23 Å². The summed E-state index contributed by atoms with van der Waals surface area (Å²) >= 11 is 9.46. The van der Waals surface area contributed by atoms with Crippen LogP contribution in [0.1, 0.15) is 16.7 Å². The Morgan fingerprint density at radius 3 is 2.70 bits per heavy atom. The molecule has 0 atom stereocenters. The Bertz CT molecular complexity index is 607. The monoisotopic (exact) mass is 350 g/mol. The van der Waals surface area contributed by atoms with Crippen molar-refractivity contribution >= 4 is 33.1 Å². The number of alkyl halides is 1. The predicted molar refractivity (Wildman–Crippen MR) is 89.5 cm³/mol. The SMILES string of the molecule is Cc1ccccc1/C(=C\OCCBr)c1cccc(Cl)c1. The van der Waals surface area contributed by atoms with Crippen molar-refractivity contribution in [2.75, 3.05) is 11.9 Å². The number of benzene rings is 2. The van der Waals surface area contributed by atoms with E-state index >= 15 is 0 Å². The van der Waals surface area contributed by atoms with Crippen LogP contribution in [0, 0.1) is 6.92 Å². The first-order valence-electron chi connectivity index (χ1n) is 6.42. The molecule has 104 valence electrons. The molecule has 2 aromatic carbocycles. The van der Waals surface area contributed by atoms with Crippen LogP contribution in [-0.2, 0) is 4.74 Å². The van der Waals surface area contributed by atoms with Gasteiger partial charge in [0.25, 0.3) is 0 Å². The van der Waals surface area contributed by atoms with Gasteiger partial charge in [0.2, 0.25) is 0 Å². The predicted octanol–water partition coefficient (Wildman–Crippen LogP) is 5.45. The fraction of sp³-hybridized carbons (Fsp3) is 0.176. The number of aryl methyl sites for hydroxylation is 1. The van der Waals surface area contributed by atoms with E-state index in [4.69, 9.17) is 16.3 Å². The molecule has 0 bridgehead atoms. The highest BCUT2D eigenvalue weighted by Gasteiger charge is 2.08. The first kappa shape index (κ1) is 15.1. The zero-order valence-electron chi connectivity index (χ0n) is 11.3. The molecule has 2 aromatic rings. The van der Waals surface area contributed by atoms with Gasteiger partial charge in [-0.2, -0.15) is 0 Å². The smallest absolute Gasteiger partial charge is 0.0970 e. The lowest BCUT2D eigenvalue weighted by atomic mass is 9.95. The van der Waals surface area contributed by atoms with Crippen molar-refractivity contribution in [2.45, 2.75) is 6.92 Å². The van der Waals surface area contributed by atoms with E-state index in [1.807, 2.05) is 42.7 Å². The summed E-state index contributed by atoms with van der Waals surface area (Å²) in [6.45, 7) is 2.73. The standard InChI is InChI=1S/C17H16BrClO/c1-13-5-2-3-8-16(13)17(12-20-10-9-18)14-6-4-7-15(19)11-14/h2-8,11-12H,9-10H2,1H3/b17-12-. The Morgan fingerprint density at radius 1 is 1.20 bits per heavy atom. The number of hydrogen-bond donors (Lipinski definition) is 0. The maximum atomic E-state index is 6.10. The quantitative estimate of drug-likeness (QED) is 0.395. The van der Waals surface area contributed by atoms with E-state index < -0.39 is 0 Å². The lowest BCUT2D eigenvalue weighted by Gasteiger charge is -2.12. The minimum atomic E-state index is 0.635. The van der Waals surface area contributed by atoms with E-state index in [1.165, 1.54) is 5.56 Å². The molecule has 3 heteroatoms. The van der Waals surface area contributed by atoms with Crippen LogP contribution >= 0.6 is 27.5 Å². The summed E-state index contributed by atoms with van der Waals surface area (Å²) in [5, 5.41) is 1.53. The molecule has 0 aliphatic heterocycles. The average Bonchev–Trinajstić information content (AvgIpc) is 2.45. The normalized spacial score (nSPS) is 11.4. The molecule has 0 aromatic heterocycles. The zero-order valence-corrected chi connectivity index (χ0v) is 13.6. The fourth-order valence-corrected chi connectivity index (χ4v) is 2.38. The second-order valence-corrected chi connectivity index (χ2v) is 5.65. The van der Waals surface area contributed by atoms with Crippen molar-refractivity contribution in [2.24, 2.45) is 0 Å². The van der Waals surface area contributed by atoms with E-state index in [-0.39, 0.29) is 0 Å². The van der Waals surface area contributed by atoms with Gasteiger partial charge in [-0.3, -0.25) is 0 Å². The molecule has 0 amide bonds. The summed E-state index contributed by atoms with van der Waals surface area (Å²) in [5.41, 5.74) is 4.47. The molecule has 20 heavy (non-hydrogen) atoms. The number of hydrogen-bond acceptors (Lipinski definition) is 1. The maximum Gasteiger partial charge on any atom is 0.0970 e. The van der Waals surface area contributed by atoms with E-state index in [0.29, 0.717) is 6.61 Å². The van der Waals surface area contributed by atoms with E-state index in [9.17, 15) is 0 Å². The third-order valence-corrected chi connectivity index (χ3v) is 3.53. The molecule has 0 saturated carbocycles. The highest BCUT2D eigenvalue weighted by Crippen LogP contribution is 2.27. The van der Waals surface area contributed by atoms with Gasteiger partial charge in [-0.1, -0.05) is 63.9 Å². The van der Waals surface area contributed by atoms with Crippen molar-refractivity contribution in [1.82, 2.24) is 0 Å². The molecule has 1 nitrogen and oxygen atoms in total. The molecule has 0 heterocycles. The summed E-state index contributed by atoms with van der Waals surface area (Å²) in [6.07, 6.45) is 1.81. The van der Waals surface area contributed by atoms with Crippen molar-refractivity contribution in [3.8, 4) is 0 Å². The van der Waals surface area contributed by atoms with E-state index in [1.54, 1.807) is 0 Å². The Labute approximate surface area is 133 Å². The maximum absolute atomic E-state index is 6.10. The van der Waals surface area contributed by atoms with Crippen molar-refractivity contribution in [1.29, 1.82) is 0 Å². The molecule has 0 N–H and O–H groups in total. The summed E-state index contributed by atoms with van der Waals surface area (Å²) in [7, 11) is 0. The summed E-state index contributed by atoms with van der Waals surface area (Å²) in [4.78, 5) is 0. The molecule has 0 saturated heterocycles. The van der Waals surface area contributed by atoms with Crippen LogP contribution in [0.3, 0.4) is 0 Å². The van der Waals surface area contributed by atoms with E-state index in [2.05, 4.69) is 35.0 Å². The van der Waals surface area contributed by atoms with Crippen molar-refractivity contribution in [3.05, 3.63) is 76.5 Å². The Balaban J connectivity index is 2.45. The van der Waals surface area contributed by atoms with Gasteiger partial charge >= 0.3 is 0 Å². The first-order chi connectivity index (χ1) is 9.72. The van der Waals surface area contributed by atoms with Gasteiger partial charge in [0, 0.05) is 15.9 Å². The van der Waals surface area contributed by atoms with Crippen LogP contribution in [0.4, 0.5) is 0 Å². The minimum Gasteiger partial charge on any atom is -0.500 e. The Morgan fingerprint density at radius 2 is 2.00 bits per heavy atom. The lowest BCUT2D eigenvalue weighted by Crippen LogP contribution is -1.95. The van der Waals surface area contributed by atoms with Crippen LogP contribution in [0.2, 0.25) is 5.02 Å². The van der Waals surface area contributed by atoms with Gasteiger partial charge in [-0.05, 0) is 35.7 Å². The number of rotatable bonds is 5. The number of halogens is 2. The van der Waals surface area contributed by atoms with Gasteiger partial charge < -0.3 is 4.74 Å². The Hall–Kier alpha value is -1.25. The van der Waals surface area contributed by atoms with Crippen LogP contribution in [-0.4, -0.2) is 11.9 Å². The van der Waals surface area contributed by atoms with Crippen molar-refractivity contribution < 1.29 is 4.74 Å². The second-order valence-electron chi connectivity index (χ2n) is 4.42. The largest absolute Gasteiger partial charge is 0.500 e. The molecule has 0 fully saturated rings. The third-order valence-electron chi connectivity index (χ3n) is 2.97. The van der Waals surface area contributed by atoms with Crippen LogP contribution < -0.4 is 0 Å². The lowest BCUT2D eigenvalue weighted by molar-refractivity contribution is 0.275. The van der Waals surface area contributed by atoms with Crippen LogP contribution in [0.25, 0.3) is 5.57 Å². The average molecular weight is 352 g/mol. The van der Waals surface area contributed by atoms with Crippen molar-refractivity contribution in [3.63, 3.8) is 0 Å². The fourth-order valence-electron chi connectivity index (χ4n) is 2.00. The van der Waals surface area contributed by atoms with Gasteiger partial charge in [0.15, 0.2) is 0 Å². The van der Waals surface area contributed by atoms with Crippen LogP contribution in [0.5, 0.6) is 0 Å². The van der Waals surface area contributed by atoms with Gasteiger partial charge in [0.05, 0.1) is 12.9 Å². The molecule has 0 unspecified atom stereocenters. The number of ether oxygens (including phenoxy) is 1. The summed E-state index contributed by atoms with van der Waals surface area (Å²) in [6, 6.07) is 16.1. The second kappa shape index (κ2) is 7.51. The summed E-state index contributed by atoms with van der Waals surface area (Å²) in [5.74, 6) is 0. The van der Waals surface area contributed by atoms with Crippen LogP contribution in [0.15, 0.2) is 54.8 Å². The highest BCUT2D eigenvalue weighted by atomic mass is 79.9. The molecule has 0 spiro atoms. The van der Waals surface area contributed by atoms with Gasteiger partial charge in [-0.25, -0.2) is 0 Å².